The van der Waals surface area contributed by atoms with Crippen molar-refractivity contribution >= 4 is 26.4 Å². The number of benzene rings is 1. The molecule has 1 aromatic heterocycles. The van der Waals surface area contributed by atoms with Gasteiger partial charge in [0.25, 0.3) is 5.56 Å². The minimum Gasteiger partial charge on any atom is -0.388 e. The predicted octanol–water partition coefficient (Wildman–Crippen LogP) is 0.868. The number of aliphatic hydroxyl groups is 1. The lowest BCUT2D eigenvalue weighted by Gasteiger charge is -2.41. The highest BCUT2D eigenvalue weighted by atomic mass is 32.2. The van der Waals surface area contributed by atoms with E-state index in [0.29, 0.717) is 30.7 Å². The van der Waals surface area contributed by atoms with Gasteiger partial charge in [0.05, 0.1) is 34.3 Å². The van der Waals surface area contributed by atoms with E-state index in [0.717, 1.165) is 43.9 Å². The van der Waals surface area contributed by atoms with Crippen molar-refractivity contribution in [3.05, 3.63) is 34.9 Å². The fourth-order valence-electron chi connectivity index (χ4n) is 4.71. The Kier molecular flexibility index (Phi) is 5.30. The number of aromatic nitrogens is 2. The van der Waals surface area contributed by atoms with Crippen LogP contribution in [-0.2, 0) is 16.4 Å². The number of β-amino-alcohol motifs (C(OH)–C–C–N with tert-alkyl or cyclic N) is 1. The number of nitrogens with zero attached hydrogens (tertiary/aromatic N) is 4. The number of sulfone groups is 1. The SMILES string of the molecule is O=c1c2ccc(N3CCN(CC4(O)CCS(=O)(=O)CC4)CC3)cc2ncn1CC1CC1. The molecule has 2 saturated heterocycles. The summed E-state index contributed by atoms with van der Waals surface area (Å²) in [7, 11) is -2.98. The number of piperazine rings is 1. The molecule has 0 amide bonds. The van der Waals surface area contributed by atoms with Crippen molar-refractivity contribution in [3.8, 4) is 0 Å². The van der Waals surface area contributed by atoms with Crippen molar-refractivity contribution in [1.29, 1.82) is 0 Å². The van der Waals surface area contributed by atoms with Gasteiger partial charge < -0.3 is 10.0 Å². The quantitative estimate of drug-likeness (QED) is 0.728. The molecule has 3 aliphatic rings. The van der Waals surface area contributed by atoms with Crippen LogP contribution in [0.25, 0.3) is 10.9 Å². The molecular formula is C22H30N4O4S. The summed E-state index contributed by atoms with van der Waals surface area (Å²) in [4.78, 5) is 21.8. The lowest BCUT2D eigenvalue weighted by atomic mass is 9.96. The first kappa shape index (κ1) is 20.9. The number of hydrogen-bond acceptors (Lipinski definition) is 7. The standard InChI is InChI=1S/C22H30N4O4S/c27-21-19-4-3-18(13-20(19)23-16-26(21)14-17-1-2-17)25-9-7-24(8-10-25)15-22(28)5-11-31(29,30)12-6-22/h3-4,13,16-17,28H,1-2,5-12,14-15H2. The average molecular weight is 447 g/mol. The van der Waals surface area contributed by atoms with E-state index >= 15 is 0 Å². The van der Waals surface area contributed by atoms with E-state index in [2.05, 4.69) is 14.8 Å². The van der Waals surface area contributed by atoms with Crippen LogP contribution in [0.4, 0.5) is 5.69 Å². The fourth-order valence-corrected chi connectivity index (χ4v) is 6.29. The molecule has 1 N–H and O–H groups in total. The van der Waals surface area contributed by atoms with E-state index in [9.17, 15) is 18.3 Å². The lowest BCUT2D eigenvalue weighted by Crippen LogP contribution is -2.54. The summed E-state index contributed by atoms with van der Waals surface area (Å²) >= 11 is 0. The Balaban J connectivity index is 1.22. The van der Waals surface area contributed by atoms with E-state index in [1.165, 1.54) is 12.8 Å². The van der Waals surface area contributed by atoms with Crippen LogP contribution in [-0.4, -0.2) is 77.8 Å². The molecule has 1 aromatic carbocycles. The number of fused-ring (bicyclic) bond motifs is 1. The third-order valence-electron chi connectivity index (χ3n) is 6.97. The van der Waals surface area contributed by atoms with Crippen LogP contribution in [0.3, 0.4) is 0 Å². The number of anilines is 1. The Morgan fingerprint density at radius 3 is 2.48 bits per heavy atom. The Labute approximate surface area is 182 Å². The summed E-state index contributed by atoms with van der Waals surface area (Å²) in [6, 6.07) is 5.89. The molecule has 3 heterocycles. The van der Waals surface area contributed by atoms with Gasteiger partial charge in [0.1, 0.15) is 0 Å². The molecule has 1 aliphatic carbocycles. The first-order valence-electron chi connectivity index (χ1n) is 11.2. The molecule has 3 fully saturated rings. The maximum Gasteiger partial charge on any atom is 0.261 e. The second-order valence-corrected chi connectivity index (χ2v) is 11.8. The Morgan fingerprint density at radius 2 is 1.81 bits per heavy atom. The van der Waals surface area contributed by atoms with Crippen molar-refractivity contribution in [2.75, 3.05) is 49.1 Å². The van der Waals surface area contributed by atoms with Crippen molar-refractivity contribution < 1.29 is 13.5 Å². The summed E-state index contributed by atoms with van der Waals surface area (Å²) in [6.07, 6.45) is 4.72. The first-order chi connectivity index (χ1) is 14.8. The van der Waals surface area contributed by atoms with Gasteiger partial charge in [-0.15, -0.1) is 0 Å². The molecule has 0 unspecified atom stereocenters. The van der Waals surface area contributed by atoms with Gasteiger partial charge in [-0.25, -0.2) is 13.4 Å². The molecule has 0 radical (unpaired) electrons. The van der Waals surface area contributed by atoms with E-state index in [4.69, 9.17) is 0 Å². The normalized spacial score (nSPS) is 23.8. The van der Waals surface area contributed by atoms with Crippen LogP contribution in [0.15, 0.2) is 29.3 Å². The summed E-state index contributed by atoms with van der Waals surface area (Å²) in [5, 5.41) is 11.5. The fraction of sp³-hybridized carbons (Fsp3) is 0.636. The predicted molar refractivity (Wildman–Crippen MR) is 120 cm³/mol. The molecule has 0 bridgehead atoms. The van der Waals surface area contributed by atoms with Crippen LogP contribution < -0.4 is 10.5 Å². The molecule has 31 heavy (non-hydrogen) atoms. The highest BCUT2D eigenvalue weighted by Gasteiger charge is 2.37. The molecule has 0 atom stereocenters. The molecule has 5 rings (SSSR count). The van der Waals surface area contributed by atoms with Crippen molar-refractivity contribution in [2.45, 2.75) is 37.8 Å². The second kappa shape index (κ2) is 7.86. The Hall–Kier alpha value is -1.97. The van der Waals surface area contributed by atoms with E-state index < -0.39 is 15.4 Å². The molecule has 0 spiro atoms. The van der Waals surface area contributed by atoms with Gasteiger partial charge in [0, 0.05) is 45.0 Å². The van der Waals surface area contributed by atoms with E-state index in [-0.39, 0.29) is 17.1 Å². The van der Waals surface area contributed by atoms with Crippen LogP contribution in [0, 0.1) is 5.92 Å². The van der Waals surface area contributed by atoms with Crippen molar-refractivity contribution in [1.82, 2.24) is 14.5 Å². The zero-order valence-corrected chi connectivity index (χ0v) is 18.6. The lowest BCUT2D eigenvalue weighted by molar-refractivity contribution is -0.00606. The molecule has 2 aromatic rings. The zero-order chi connectivity index (χ0) is 21.6. The molecular weight excluding hydrogens is 416 g/mol. The summed E-state index contributed by atoms with van der Waals surface area (Å²) in [5.41, 5.74) is 0.924. The largest absolute Gasteiger partial charge is 0.388 e. The minimum absolute atomic E-state index is 0.0380. The Morgan fingerprint density at radius 1 is 1.10 bits per heavy atom. The molecule has 1 saturated carbocycles. The third kappa shape index (κ3) is 4.63. The van der Waals surface area contributed by atoms with Gasteiger partial charge in [-0.1, -0.05) is 0 Å². The van der Waals surface area contributed by atoms with Gasteiger partial charge in [-0.05, 0) is 49.8 Å². The van der Waals surface area contributed by atoms with Crippen LogP contribution in [0.1, 0.15) is 25.7 Å². The zero-order valence-electron chi connectivity index (χ0n) is 17.7. The van der Waals surface area contributed by atoms with E-state index in [1.807, 2.05) is 18.2 Å². The monoisotopic (exact) mass is 446 g/mol. The van der Waals surface area contributed by atoms with Crippen molar-refractivity contribution in [2.24, 2.45) is 5.92 Å². The Bertz CT molecular complexity index is 1120. The highest BCUT2D eigenvalue weighted by Crippen LogP contribution is 2.30. The maximum atomic E-state index is 12.7. The minimum atomic E-state index is -2.98. The highest BCUT2D eigenvalue weighted by molar-refractivity contribution is 7.91. The topological polar surface area (TPSA) is 95.7 Å². The third-order valence-corrected chi connectivity index (χ3v) is 8.63. The maximum absolute atomic E-state index is 12.7. The summed E-state index contributed by atoms with van der Waals surface area (Å²) in [5.74, 6) is 0.787. The van der Waals surface area contributed by atoms with Gasteiger partial charge in [0.2, 0.25) is 0 Å². The number of rotatable bonds is 5. The van der Waals surface area contributed by atoms with Gasteiger partial charge >= 0.3 is 0 Å². The molecule has 8 nitrogen and oxygen atoms in total. The smallest absolute Gasteiger partial charge is 0.261 e. The molecule has 168 valence electrons. The second-order valence-electron chi connectivity index (χ2n) is 9.49. The molecule has 9 heteroatoms. The van der Waals surface area contributed by atoms with Gasteiger partial charge in [0.15, 0.2) is 9.84 Å². The van der Waals surface area contributed by atoms with Gasteiger partial charge in [-0.2, -0.15) is 0 Å². The van der Waals surface area contributed by atoms with Crippen LogP contribution in [0.2, 0.25) is 0 Å². The van der Waals surface area contributed by atoms with Crippen LogP contribution in [0.5, 0.6) is 0 Å². The van der Waals surface area contributed by atoms with Crippen molar-refractivity contribution in [3.63, 3.8) is 0 Å². The average Bonchev–Trinajstić information content (AvgIpc) is 3.57. The summed E-state index contributed by atoms with van der Waals surface area (Å²) in [6.45, 7) is 4.55. The van der Waals surface area contributed by atoms with E-state index in [1.54, 1.807) is 10.9 Å². The first-order valence-corrected chi connectivity index (χ1v) is 13.0. The summed E-state index contributed by atoms with van der Waals surface area (Å²) < 4.78 is 25.0. The molecule has 2 aliphatic heterocycles. The number of hydrogen-bond donors (Lipinski definition) is 1. The van der Waals surface area contributed by atoms with Gasteiger partial charge in [-0.3, -0.25) is 14.3 Å². The van der Waals surface area contributed by atoms with Crippen LogP contribution >= 0.6 is 0 Å².